The van der Waals surface area contributed by atoms with Gasteiger partial charge in [0, 0.05) is 26.2 Å². The molecule has 1 aromatic rings. The van der Waals surface area contributed by atoms with E-state index >= 15 is 0 Å². The highest BCUT2D eigenvalue weighted by molar-refractivity contribution is 5.78. The minimum Gasteiger partial charge on any atom is -0.493 e. The molecular weight excluding hydrogens is 232 g/mol. The fraction of sp³-hybridized carbons (Fsp3) is 0.462. The van der Waals surface area contributed by atoms with Crippen LogP contribution < -0.4 is 14.8 Å². The molecule has 1 aliphatic heterocycles. The van der Waals surface area contributed by atoms with Crippen molar-refractivity contribution in [3.8, 4) is 11.5 Å². The van der Waals surface area contributed by atoms with Crippen LogP contribution in [0, 0.1) is 0 Å². The van der Waals surface area contributed by atoms with Crippen molar-refractivity contribution in [1.82, 2.24) is 10.2 Å². The molecule has 1 aliphatic rings. The molecule has 0 aliphatic carbocycles. The topological polar surface area (TPSA) is 50.8 Å². The summed E-state index contributed by atoms with van der Waals surface area (Å²) in [6, 6.07) is 7.32. The number of carbonyl (C=O) groups excluding carboxylic acids is 1. The fourth-order valence-electron chi connectivity index (χ4n) is 1.88. The van der Waals surface area contributed by atoms with E-state index in [0.717, 1.165) is 26.2 Å². The third-order valence-corrected chi connectivity index (χ3v) is 2.89. The van der Waals surface area contributed by atoms with Gasteiger partial charge in [-0.15, -0.1) is 0 Å². The smallest absolute Gasteiger partial charge is 0.260 e. The Morgan fingerprint density at radius 3 is 2.61 bits per heavy atom. The molecule has 5 heteroatoms. The van der Waals surface area contributed by atoms with Gasteiger partial charge in [-0.2, -0.15) is 0 Å². The first-order valence-electron chi connectivity index (χ1n) is 6.05. The van der Waals surface area contributed by atoms with Crippen LogP contribution >= 0.6 is 0 Å². The van der Waals surface area contributed by atoms with Crippen molar-refractivity contribution in [1.29, 1.82) is 0 Å². The standard InChI is InChI=1S/C13H18N2O3/c1-17-11-4-2-3-5-12(11)18-10-13(16)15-8-6-14-7-9-15/h2-5,14H,6-10H2,1H3. The Hall–Kier alpha value is -1.75. The average molecular weight is 250 g/mol. The summed E-state index contributed by atoms with van der Waals surface area (Å²) in [5.41, 5.74) is 0. The number of benzene rings is 1. The zero-order valence-electron chi connectivity index (χ0n) is 10.5. The van der Waals surface area contributed by atoms with Gasteiger partial charge >= 0.3 is 0 Å². The summed E-state index contributed by atoms with van der Waals surface area (Å²) in [6.07, 6.45) is 0. The number of hydrogen-bond acceptors (Lipinski definition) is 4. The number of amides is 1. The Labute approximate surface area is 107 Å². The molecule has 0 saturated carbocycles. The van der Waals surface area contributed by atoms with Crippen molar-refractivity contribution < 1.29 is 14.3 Å². The van der Waals surface area contributed by atoms with Gasteiger partial charge in [-0.05, 0) is 12.1 Å². The number of hydrogen-bond donors (Lipinski definition) is 1. The predicted molar refractivity (Wildman–Crippen MR) is 67.9 cm³/mol. The molecule has 98 valence electrons. The summed E-state index contributed by atoms with van der Waals surface area (Å²) < 4.78 is 10.7. The van der Waals surface area contributed by atoms with E-state index in [1.54, 1.807) is 13.2 Å². The lowest BCUT2D eigenvalue weighted by atomic mass is 10.3. The van der Waals surface area contributed by atoms with Gasteiger partial charge < -0.3 is 19.7 Å². The van der Waals surface area contributed by atoms with Crippen molar-refractivity contribution in [2.24, 2.45) is 0 Å². The average Bonchev–Trinajstić information content (AvgIpc) is 2.46. The lowest BCUT2D eigenvalue weighted by molar-refractivity contribution is -0.133. The maximum absolute atomic E-state index is 11.9. The number of nitrogens with one attached hydrogen (secondary N) is 1. The van der Waals surface area contributed by atoms with Crippen LogP contribution in [0.5, 0.6) is 11.5 Å². The molecule has 0 aromatic heterocycles. The summed E-state index contributed by atoms with van der Waals surface area (Å²) in [6.45, 7) is 3.24. The van der Waals surface area contributed by atoms with Gasteiger partial charge in [-0.3, -0.25) is 4.79 Å². The molecule has 5 nitrogen and oxygen atoms in total. The van der Waals surface area contributed by atoms with E-state index < -0.39 is 0 Å². The van der Waals surface area contributed by atoms with Crippen LogP contribution in [0.1, 0.15) is 0 Å². The van der Waals surface area contributed by atoms with Crippen molar-refractivity contribution in [2.75, 3.05) is 39.9 Å². The highest BCUT2D eigenvalue weighted by Gasteiger charge is 2.17. The molecule has 1 saturated heterocycles. The molecule has 1 heterocycles. The Bertz CT molecular complexity index is 403. The Morgan fingerprint density at radius 1 is 1.28 bits per heavy atom. The lowest BCUT2D eigenvalue weighted by Gasteiger charge is -2.27. The minimum absolute atomic E-state index is 0.0161. The van der Waals surface area contributed by atoms with Crippen LogP contribution in [0.25, 0.3) is 0 Å². The van der Waals surface area contributed by atoms with Gasteiger partial charge in [-0.25, -0.2) is 0 Å². The second-order valence-electron chi connectivity index (χ2n) is 4.07. The third-order valence-electron chi connectivity index (χ3n) is 2.89. The van der Waals surface area contributed by atoms with Crippen molar-refractivity contribution >= 4 is 5.91 Å². The van der Waals surface area contributed by atoms with Crippen molar-refractivity contribution in [3.63, 3.8) is 0 Å². The monoisotopic (exact) mass is 250 g/mol. The van der Waals surface area contributed by atoms with E-state index in [1.165, 1.54) is 0 Å². The summed E-state index contributed by atoms with van der Waals surface area (Å²) >= 11 is 0. The molecule has 1 aromatic carbocycles. The van der Waals surface area contributed by atoms with Crippen LogP contribution in [0.2, 0.25) is 0 Å². The molecule has 1 N–H and O–H groups in total. The quantitative estimate of drug-likeness (QED) is 0.845. The van der Waals surface area contributed by atoms with Crippen molar-refractivity contribution in [2.45, 2.75) is 0 Å². The highest BCUT2D eigenvalue weighted by atomic mass is 16.5. The maximum atomic E-state index is 11.9. The Morgan fingerprint density at radius 2 is 1.94 bits per heavy atom. The molecule has 0 spiro atoms. The molecular formula is C13H18N2O3. The van der Waals surface area contributed by atoms with E-state index in [0.29, 0.717) is 11.5 Å². The first-order valence-corrected chi connectivity index (χ1v) is 6.05. The van der Waals surface area contributed by atoms with Gasteiger partial charge in [0.1, 0.15) is 0 Å². The SMILES string of the molecule is COc1ccccc1OCC(=O)N1CCNCC1. The number of ether oxygens (including phenoxy) is 2. The normalized spacial score (nSPS) is 15.3. The summed E-state index contributed by atoms with van der Waals surface area (Å²) in [5.74, 6) is 1.26. The summed E-state index contributed by atoms with van der Waals surface area (Å²) in [5, 5.41) is 3.21. The van der Waals surface area contributed by atoms with E-state index in [9.17, 15) is 4.79 Å². The molecule has 1 fully saturated rings. The number of methoxy groups -OCH3 is 1. The lowest BCUT2D eigenvalue weighted by Crippen LogP contribution is -2.47. The first kappa shape index (κ1) is 12.7. The summed E-state index contributed by atoms with van der Waals surface area (Å²) in [7, 11) is 1.58. The van der Waals surface area contributed by atoms with Gasteiger partial charge in [0.2, 0.25) is 0 Å². The second-order valence-corrected chi connectivity index (χ2v) is 4.07. The molecule has 0 radical (unpaired) electrons. The Balaban J connectivity index is 1.88. The van der Waals surface area contributed by atoms with Gasteiger partial charge in [-0.1, -0.05) is 12.1 Å². The van der Waals surface area contributed by atoms with Crippen molar-refractivity contribution in [3.05, 3.63) is 24.3 Å². The molecule has 1 amide bonds. The van der Waals surface area contributed by atoms with Crippen LogP contribution in [0.15, 0.2) is 24.3 Å². The van der Waals surface area contributed by atoms with Crippen LogP contribution in [-0.2, 0) is 4.79 Å². The van der Waals surface area contributed by atoms with E-state index in [2.05, 4.69) is 5.32 Å². The number of piperazine rings is 1. The van der Waals surface area contributed by atoms with Gasteiger partial charge in [0.15, 0.2) is 18.1 Å². The highest BCUT2D eigenvalue weighted by Crippen LogP contribution is 2.25. The number of nitrogens with zero attached hydrogens (tertiary/aromatic N) is 1. The zero-order valence-corrected chi connectivity index (χ0v) is 10.5. The van der Waals surface area contributed by atoms with E-state index in [-0.39, 0.29) is 12.5 Å². The fourth-order valence-corrected chi connectivity index (χ4v) is 1.88. The summed E-state index contributed by atoms with van der Waals surface area (Å²) in [4.78, 5) is 13.7. The van der Waals surface area contributed by atoms with Crippen LogP contribution in [-0.4, -0.2) is 50.7 Å². The molecule has 0 atom stereocenters. The number of para-hydroxylation sites is 2. The van der Waals surface area contributed by atoms with E-state index in [4.69, 9.17) is 9.47 Å². The van der Waals surface area contributed by atoms with Crippen LogP contribution in [0.4, 0.5) is 0 Å². The molecule has 0 unspecified atom stereocenters. The minimum atomic E-state index is 0.0161. The predicted octanol–water partition coefficient (Wildman–Crippen LogP) is 0.506. The number of rotatable bonds is 4. The third kappa shape index (κ3) is 3.13. The van der Waals surface area contributed by atoms with Gasteiger partial charge in [0.25, 0.3) is 5.91 Å². The molecule has 0 bridgehead atoms. The molecule has 2 rings (SSSR count). The number of carbonyl (C=O) groups is 1. The zero-order chi connectivity index (χ0) is 12.8. The van der Waals surface area contributed by atoms with E-state index in [1.807, 2.05) is 23.1 Å². The largest absolute Gasteiger partial charge is 0.493 e. The second kappa shape index (κ2) is 6.26. The Kier molecular flexibility index (Phi) is 4.41. The molecule has 18 heavy (non-hydrogen) atoms. The maximum Gasteiger partial charge on any atom is 0.260 e. The van der Waals surface area contributed by atoms with Gasteiger partial charge in [0.05, 0.1) is 7.11 Å². The van der Waals surface area contributed by atoms with Crippen LogP contribution in [0.3, 0.4) is 0 Å². The first-order chi connectivity index (χ1) is 8.81.